The number of carbonyl (C=O) groups is 1. The Hall–Kier alpha value is -3.46. The van der Waals surface area contributed by atoms with Gasteiger partial charge in [-0.15, -0.1) is 0 Å². The van der Waals surface area contributed by atoms with E-state index in [4.69, 9.17) is 9.47 Å². The molecule has 3 rings (SSSR count). The number of carbonyl (C=O) groups excluding carboxylic acids is 1. The molecule has 0 spiro atoms. The number of nitrogens with zero attached hydrogens (tertiary/aromatic N) is 3. The molecule has 1 heterocycles. The van der Waals surface area contributed by atoms with E-state index in [2.05, 4.69) is 9.97 Å². The number of rotatable bonds is 7. The summed E-state index contributed by atoms with van der Waals surface area (Å²) in [5.74, 6) is 0.883. The third-order valence-corrected chi connectivity index (χ3v) is 5.77. The number of hydrogen-bond donors (Lipinski definition) is 0. The molecule has 0 fully saturated rings. The smallest absolute Gasteiger partial charge is 0.257 e. The van der Waals surface area contributed by atoms with Crippen LogP contribution in [-0.4, -0.2) is 56.7 Å². The molecule has 1 amide bonds. The Morgan fingerprint density at radius 2 is 1.69 bits per heavy atom. The highest BCUT2D eigenvalue weighted by Crippen LogP contribution is 2.28. The second-order valence-electron chi connectivity index (χ2n) is 7.38. The molecule has 3 aromatic rings. The van der Waals surface area contributed by atoms with E-state index in [1.807, 2.05) is 37.3 Å². The summed E-state index contributed by atoms with van der Waals surface area (Å²) in [4.78, 5) is 23.1. The van der Waals surface area contributed by atoms with Gasteiger partial charge in [-0.05, 0) is 30.2 Å². The molecule has 9 heteroatoms. The van der Waals surface area contributed by atoms with E-state index < -0.39 is 9.84 Å². The lowest BCUT2D eigenvalue weighted by Crippen LogP contribution is -2.27. The van der Waals surface area contributed by atoms with Crippen LogP contribution in [0.4, 0.5) is 0 Å². The Morgan fingerprint density at radius 1 is 1.06 bits per heavy atom. The zero-order valence-electron chi connectivity index (χ0n) is 18.6. The van der Waals surface area contributed by atoms with E-state index in [9.17, 15) is 13.2 Å². The molecular formula is C23H25N3O5S. The van der Waals surface area contributed by atoms with Gasteiger partial charge in [0.05, 0.1) is 25.5 Å². The van der Waals surface area contributed by atoms with Gasteiger partial charge >= 0.3 is 0 Å². The van der Waals surface area contributed by atoms with Gasteiger partial charge in [-0.1, -0.05) is 24.3 Å². The molecular weight excluding hydrogens is 430 g/mol. The molecule has 168 valence electrons. The summed E-state index contributed by atoms with van der Waals surface area (Å²) >= 11 is 0. The molecule has 32 heavy (non-hydrogen) atoms. The number of sulfone groups is 1. The van der Waals surface area contributed by atoms with Crippen LogP contribution < -0.4 is 9.47 Å². The summed E-state index contributed by atoms with van der Waals surface area (Å²) in [6.45, 7) is 2.14. The van der Waals surface area contributed by atoms with Crippen molar-refractivity contribution in [2.45, 2.75) is 18.6 Å². The van der Waals surface area contributed by atoms with E-state index in [1.165, 1.54) is 11.1 Å². The first-order valence-corrected chi connectivity index (χ1v) is 11.6. The van der Waals surface area contributed by atoms with Crippen LogP contribution in [0, 0.1) is 6.92 Å². The summed E-state index contributed by atoms with van der Waals surface area (Å²) in [5, 5.41) is -0.326. The predicted molar refractivity (Wildman–Crippen MR) is 121 cm³/mol. The van der Waals surface area contributed by atoms with Gasteiger partial charge < -0.3 is 14.4 Å². The zero-order valence-corrected chi connectivity index (χ0v) is 19.4. The van der Waals surface area contributed by atoms with Gasteiger partial charge in [0.2, 0.25) is 15.0 Å². The molecule has 1 aromatic heterocycles. The third kappa shape index (κ3) is 5.05. The van der Waals surface area contributed by atoms with Gasteiger partial charge in [0.25, 0.3) is 5.91 Å². The molecule has 0 saturated heterocycles. The van der Waals surface area contributed by atoms with Crippen molar-refractivity contribution < 1.29 is 22.7 Å². The molecule has 8 nitrogen and oxygen atoms in total. The molecule has 2 aromatic carbocycles. The summed E-state index contributed by atoms with van der Waals surface area (Å²) in [5.41, 5.74) is 2.82. The van der Waals surface area contributed by atoms with Crippen molar-refractivity contribution in [1.29, 1.82) is 0 Å². The van der Waals surface area contributed by atoms with Crippen molar-refractivity contribution in [1.82, 2.24) is 14.9 Å². The highest BCUT2D eigenvalue weighted by atomic mass is 32.2. The summed E-state index contributed by atoms with van der Waals surface area (Å²) < 4.78 is 34.7. The van der Waals surface area contributed by atoms with Crippen molar-refractivity contribution in [2.75, 3.05) is 27.5 Å². The molecule has 0 aliphatic heterocycles. The van der Waals surface area contributed by atoms with E-state index >= 15 is 0 Å². The van der Waals surface area contributed by atoms with Gasteiger partial charge in [0, 0.05) is 37.7 Å². The van der Waals surface area contributed by atoms with Gasteiger partial charge in [-0.25, -0.2) is 18.4 Å². The Labute approximate surface area is 187 Å². The van der Waals surface area contributed by atoms with Crippen molar-refractivity contribution in [3.05, 3.63) is 65.4 Å². The van der Waals surface area contributed by atoms with E-state index in [1.54, 1.807) is 33.4 Å². The second-order valence-corrected chi connectivity index (χ2v) is 9.29. The number of aromatic nitrogens is 2. The van der Waals surface area contributed by atoms with Crippen molar-refractivity contribution in [3.8, 4) is 22.8 Å². The van der Waals surface area contributed by atoms with Crippen LogP contribution in [0.25, 0.3) is 11.3 Å². The first kappa shape index (κ1) is 23.2. The summed E-state index contributed by atoms with van der Waals surface area (Å²) in [6, 6.07) is 12.7. The molecule has 0 aliphatic rings. The molecule has 0 radical (unpaired) electrons. The third-order valence-electron chi connectivity index (χ3n) is 4.91. The van der Waals surface area contributed by atoms with E-state index in [0.717, 1.165) is 17.4 Å². The van der Waals surface area contributed by atoms with Crippen molar-refractivity contribution >= 4 is 15.7 Å². The number of hydrogen-bond acceptors (Lipinski definition) is 7. The Bertz CT molecular complexity index is 1240. The number of amides is 1. The first-order valence-electron chi connectivity index (χ1n) is 9.74. The fourth-order valence-corrected chi connectivity index (χ4v) is 3.75. The molecule has 0 N–H and O–H groups in total. The van der Waals surface area contributed by atoms with Gasteiger partial charge in [-0.2, -0.15) is 0 Å². The molecule has 0 bridgehead atoms. The Morgan fingerprint density at radius 3 is 2.25 bits per heavy atom. The van der Waals surface area contributed by atoms with Crippen molar-refractivity contribution in [2.24, 2.45) is 0 Å². The van der Waals surface area contributed by atoms with Crippen LogP contribution in [0.5, 0.6) is 11.5 Å². The van der Waals surface area contributed by atoms with E-state index in [-0.39, 0.29) is 28.9 Å². The molecule has 0 unspecified atom stereocenters. The first-order chi connectivity index (χ1) is 15.1. The molecule has 0 saturated carbocycles. The second kappa shape index (κ2) is 9.35. The summed E-state index contributed by atoms with van der Waals surface area (Å²) in [7, 11) is 1.12. The van der Waals surface area contributed by atoms with Crippen LogP contribution in [0.15, 0.2) is 53.8 Å². The largest absolute Gasteiger partial charge is 0.497 e. The standard InChI is InChI=1S/C23H25N3O5S/c1-15-8-6-7-9-19(15)21-20(13-24-23(25-21)32(5,28)29)22(27)26(2)14-16-10-17(30-3)12-18(11-16)31-4/h6-13H,14H2,1-5H3. The predicted octanol–water partition coefficient (Wildman–Crippen LogP) is 3.14. The lowest BCUT2D eigenvalue weighted by atomic mass is 10.0. The normalized spacial score (nSPS) is 11.2. The maximum absolute atomic E-state index is 13.4. The van der Waals surface area contributed by atoms with Crippen LogP contribution in [0.2, 0.25) is 0 Å². The minimum absolute atomic E-state index is 0.212. The topological polar surface area (TPSA) is 98.7 Å². The van der Waals surface area contributed by atoms with Gasteiger partial charge in [0.15, 0.2) is 0 Å². The van der Waals surface area contributed by atoms with Gasteiger partial charge in [0.1, 0.15) is 11.5 Å². The highest BCUT2D eigenvalue weighted by Gasteiger charge is 2.23. The van der Waals surface area contributed by atoms with Crippen LogP contribution in [0.1, 0.15) is 21.5 Å². The maximum Gasteiger partial charge on any atom is 0.257 e. The lowest BCUT2D eigenvalue weighted by molar-refractivity contribution is 0.0784. The lowest BCUT2D eigenvalue weighted by Gasteiger charge is -2.20. The number of aryl methyl sites for hydroxylation is 1. The van der Waals surface area contributed by atoms with Crippen LogP contribution >= 0.6 is 0 Å². The maximum atomic E-state index is 13.4. The fraction of sp³-hybridized carbons (Fsp3) is 0.261. The minimum Gasteiger partial charge on any atom is -0.497 e. The molecule has 0 atom stereocenters. The van der Waals surface area contributed by atoms with Crippen LogP contribution in [-0.2, 0) is 16.4 Å². The van der Waals surface area contributed by atoms with Crippen molar-refractivity contribution in [3.63, 3.8) is 0 Å². The van der Waals surface area contributed by atoms with Crippen LogP contribution in [0.3, 0.4) is 0 Å². The SMILES string of the molecule is COc1cc(CN(C)C(=O)c2cnc(S(C)(=O)=O)nc2-c2ccccc2C)cc(OC)c1. The Balaban J connectivity index is 2.03. The van der Waals surface area contributed by atoms with E-state index in [0.29, 0.717) is 17.1 Å². The average Bonchev–Trinajstić information content (AvgIpc) is 2.77. The van der Waals surface area contributed by atoms with Gasteiger partial charge in [-0.3, -0.25) is 4.79 Å². The number of methoxy groups -OCH3 is 2. The fourth-order valence-electron chi connectivity index (χ4n) is 3.25. The quantitative estimate of drug-likeness (QED) is 0.505. The number of benzene rings is 2. The highest BCUT2D eigenvalue weighted by molar-refractivity contribution is 7.90. The Kier molecular flexibility index (Phi) is 6.78. The molecule has 0 aliphatic carbocycles. The zero-order chi connectivity index (χ0) is 23.5. The monoisotopic (exact) mass is 455 g/mol. The average molecular weight is 456 g/mol. The minimum atomic E-state index is -3.65. The summed E-state index contributed by atoms with van der Waals surface area (Å²) in [6.07, 6.45) is 2.31. The number of ether oxygens (including phenoxy) is 2.